The van der Waals surface area contributed by atoms with E-state index < -0.39 is 0 Å². The quantitative estimate of drug-likeness (QED) is 0.901. The molecule has 0 saturated heterocycles. The monoisotopic (exact) mass is 333 g/mol. The predicted octanol–water partition coefficient (Wildman–Crippen LogP) is 3.38. The molecule has 1 unspecified atom stereocenters. The van der Waals surface area contributed by atoms with Gasteiger partial charge in [0.25, 0.3) is 5.91 Å². The van der Waals surface area contributed by atoms with Crippen LogP contribution in [0.4, 0.5) is 5.69 Å². The van der Waals surface area contributed by atoms with Crippen LogP contribution in [0, 0.1) is 0 Å². The zero-order chi connectivity index (χ0) is 14.5. The van der Waals surface area contributed by atoms with Crippen LogP contribution in [0.2, 0.25) is 0 Å². The maximum atomic E-state index is 12.2. The van der Waals surface area contributed by atoms with Gasteiger partial charge in [-0.25, -0.2) is 0 Å². The lowest BCUT2D eigenvalue weighted by Gasteiger charge is -2.14. The van der Waals surface area contributed by atoms with Gasteiger partial charge in [-0.3, -0.25) is 9.78 Å². The van der Waals surface area contributed by atoms with E-state index in [9.17, 15) is 4.79 Å². The lowest BCUT2D eigenvalue weighted by Crippen LogP contribution is -2.27. The predicted molar refractivity (Wildman–Crippen MR) is 83.8 cm³/mol. The molecule has 0 aliphatic carbocycles. The largest absolute Gasteiger partial charge is 0.388 e. The summed E-state index contributed by atoms with van der Waals surface area (Å²) in [5.41, 5.74) is 2.30. The van der Waals surface area contributed by atoms with E-state index in [1.165, 1.54) is 0 Å². The van der Waals surface area contributed by atoms with Crippen molar-refractivity contribution in [3.8, 4) is 0 Å². The number of halogens is 1. The normalized spacial score (nSPS) is 11.8. The summed E-state index contributed by atoms with van der Waals surface area (Å²) < 4.78 is 0.992. The summed E-state index contributed by atoms with van der Waals surface area (Å²) in [7, 11) is 1.81. The molecule has 4 nitrogen and oxygen atoms in total. The maximum absolute atomic E-state index is 12.2. The Kier molecular flexibility index (Phi) is 4.74. The molecule has 1 atom stereocenters. The Labute approximate surface area is 126 Å². The molecule has 2 rings (SSSR count). The van der Waals surface area contributed by atoms with Gasteiger partial charge in [-0.05, 0) is 36.8 Å². The Bertz CT molecular complexity index is 616. The molecule has 0 fully saturated rings. The zero-order valence-corrected chi connectivity index (χ0v) is 12.9. The first kappa shape index (κ1) is 14.5. The fourth-order valence-electron chi connectivity index (χ4n) is 1.84. The Hall–Kier alpha value is -1.88. The highest BCUT2D eigenvalue weighted by molar-refractivity contribution is 9.10. The van der Waals surface area contributed by atoms with Crippen molar-refractivity contribution in [2.24, 2.45) is 0 Å². The molecule has 20 heavy (non-hydrogen) atoms. The molecular weight excluding hydrogens is 318 g/mol. The van der Waals surface area contributed by atoms with E-state index in [2.05, 4.69) is 31.5 Å². The molecule has 1 amide bonds. The SMILES string of the molecule is CNc1ccnc(C(=O)NC(C)c2cccc(Br)c2)c1. The molecule has 2 aromatic rings. The van der Waals surface area contributed by atoms with Crippen LogP contribution in [0.15, 0.2) is 47.1 Å². The Morgan fingerprint density at radius 1 is 1.30 bits per heavy atom. The average Bonchev–Trinajstić information content (AvgIpc) is 2.47. The van der Waals surface area contributed by atoms with Crippen molar-refractivity contribution in [1.29, 1.82) is 0 Å². The van der Waals surface area contributed by atoms with Gasteiger partial charge in [-0.1, -0.05) is 28.1 Å². The number of pyridine rings is 1. The van der Waals surface area contributed by atoms with E-state index in [0.717, 1.165) is 15.7 Å². The van der Waals surface area contributed by atoms with Gasteiger partial charge in [0.2, 0.25) is 0 Å². The second-order valence-corrected chi connectivity index (χ2v) is 5.35. The lowest BCUT2D eigenvalue weighted by molar-refractivity contribution is 0.0935. The molecule has 1 aromatic heterocycles. The van der Waals surface area contributed by atoms with Crippen LogP contribution in [-0.4, -0.2) is 17.9 Å². The molecule has 0 radical (unpaired) electrons. The number of anilines is 1. The summed E-state index contributed by atoms with van der Waals surface area (Å²) in [5, 5.41) is 5.93. The van der Waals surface area contributed by atoms with Gasteiger partial charge >= 0.3 is 0 Å². The van der Waals surface area contributed by atoms with E-state index in [0.29, 0.717) is 5.69 Å². The number of aromatic nitrogens is 1. The third kappa shape index (κ3) is 3.57. The van der Waals surface area contributed by atoms with Crippen molar-refractivity contribution in [3.05, 3.63) is 58.3 Å². The van der Waals surface area contributed by atoms with Crippen LogP contribution in [0.5, 0.6) is 0 Å². The van der Waals surface area contributed by atoms with E-state index in [4.69, 9.17) is 0 Å². The van der Waals surface area contributed by atoms with Crippen LogP contribution in [0.25, 0.3) is 0 Å². The smallest absolute Gasteiger partial charge is 0.270 e. The number of nitrogens with one attached hydrogen (secondary N) is 2. The van der Waals surface area contributed by atoms with Crippen LogP contribution in [0.3, 0.4) is 0 Å². The summed E-state index contributed by atoms with van der Waals surface area (Å²) in [6.45, 7) is 1.95. The topological polar surface area (TPSA) is 54.0 Å². The summed E-state index contributed by atoms with van der Waals surface area (Å²) in [4.78, 5) is 16.3. The van der Waals surface area contributed by atoms with Gasteiger partial charge in [-0.15, -0.1) is 0 Å². The summed E-state index contributed by atoms with van der Waals surface area (Å²) in [5.74, 6) is -0.186. The van der Waals surface area contributed by atoms with Gasteiger partial charge in [0, 0.05) is 23.4 Å². The number of carbonyl (C=O) groups is 1. The highest BCUT2D eigenvalue weighted by Crippen LogP contribution is 2.18. The third-order valence-electron chi connectivity index (χ3n) is 2.98. The third-order valence-corrected chi connectivity index (χ3v) is 3.47. The van der Waals surface area contributed by atoms with Gasteiger partial charge < -0.3 is 10.6 Å². The minimum atomic E-state index is -0.186. The van der Waals surface area contributed by atoms with Gasteiger partial charge in [0.05, 0.1) is 6.04 Å². The van der Waals surface area contributed by atoms with Crippen LogP contribution in [0.1, 0.15) is 29.0 Å². The molecule has 0 bridgehead atoms. The molecule has 1 aromatic carbocycles. The first-order chi connectivity index (χ1) is 9.60. The van der Waals surface area contributed by atoms with Crippen molar-refractivity contribution in [2.45, 2.75) is 13.0 Å². The number of benzene rings is 1. The molecule has 5 heteroatoms. The molecule has 1 heterocycles. The number of rotatable bonds is 4. The second-order valence-electron chi connectivity index (χ2n) is 4.43. The molecule has 104 valence electrons. The van der Waals surface area contributed by atoms with Crippen LogP contribution < -0.4 is 10.6 Å². The second kappa shape index (κ2) is 6.52. The highest BCUT2D eigenvalue weighted by Gasteiger charge is 2.13. The first-order valence-electron chi connectivity index (χ1n) is 6.30. The Morgan fingerprint density at radius 2 is 2.10 bits per heavy atom. The fourth-order valence-corrected chi connectivity index (χ4v) is 2.26. The van der Waals surface area contributed by atoms with Crippen LogP contribution >= 0.6 is 15.9 Å². The average molecular weight is 334 g/mol. The number of hydrogen-bond donors (Lipinski definition) is 2. The van der Waals surface area contributed by atoms with Crippen molar-refractivity contribution >= 4 is 27.5 Å². The standard InChI is InChI=1S/C15H16BrN3O/c1-10(11-4-3-5-12(16)8-11)19-15(20)14-9-13(17-2)6-7-18-14/h3-10H,1-2H3,(H,17,18)(H,19,20). The van der Waals surface area contributed by atoms with E-state index >= 15 is 0 Å². The first-order valence-corrected chi connectivity index (χ1v) is 7.09. The van der Waals surface area contributed by atoms with Gasteiger partial charge in [0.1, 0.15) is 5.69 Å². The molecule has 0 aliphatic rings. The Balaban J connectivity index is 2.10. The summed E-state index contributed by atoms with van der Waals surface area (Å²) >= 11 is 3.43. The van der Waals surface area contributed by atoms with Crippen molar-refractivity contribution in [2.75, 3.05) is 12.4 Å². The Morgan fingerprint density at radius 3 is 2.80 bits per heavy atom. The highest BCUT2D eigenvalue weighted by atomic mass is 79.9. The van der Waals surface area contributed by atoms with Gasteiger partial charge in [0.15, 0.2) is 0 Å². The van der Waals surface area contributed by atoms with Crippen molar-refractivity contribution in [3.63, 3.8) is 0 Å². The lowest BCUT2D eigenvalue weighted by atomic mass is 10.1. The summed E-state index contributed by atoms with van der Waals surface area (Å²) in [6.07, 6.45) is 1.62. The van der Waals surface area contributed by atoms with E-state index in [1.54, 1.807) is 19.3 Å². The minimum Gasteiger partial charge on any atom is -0.388 e. The van der Waals surface area contributed by atoms with E-state index in [1.807, 2.05) is 37.3 Å². The molecule has 0 spiro atoms. The zero-order valence-electron chi connectivity index (χ0n) is 11.4. The van der Waals surface area contributed by atoms with Crippen LogP contribution in [-0.2, 0) is 0 Å². The summed E-state index contributed by atoms with van der Waals surface area (Å²) in [6, 6.07) is 11.3. The molecular formula is C15H16BrN3O. The number of amides is 1. The number of carbonyl (C=O) groups excluding carboxylic acids is 1. The van der Waals surface area contributed by atoms with Crippen molar-refractivity contribution in [1.82, 2.24) is 10.3 Å². The molecule has 0 saturated carbocycles. The minimum absolute atomic E-state index is 0.0833. The van der Waals surface area contributed by atoms with Gasteiger partial charge in [-0.2, -0.15) is 0 Å². The number of hydrogen-bond acceptors (Lipinski definition) is 3. The fraction of sp³-hybridized carbons (Fsp3) is 0.200. The van der Waals surface area contributed by atoms with Crippen molar-refractivity contribution < 1.29 is 4.79 Å². The number of nitrogens with zero attached hydrogens (tertiary/aromatic N) is 1. The molecule has 0 aliphatic heterocycles. The van der Waals surface area contributed by atoms with E-state index in [-0.39, 0.29) is 11.9 Å². The maximum Gasteiger partial charge on any atom is 0.270 e. The molecule has 2 N–H and O–H groups in total.